The normalized spacial score (nSPS) is 1.20. The summed E-state index contributed by atoms with van der Waals surface area (Å²) in [7, 11) is 0. The summed E-state index contributed by atoms with van der Waals surface area (Å²) in [6, 6.07) is 0. The summed E-state index contributed by atoms with van der Waals surface area (Å²) in [4.78, 5) is 0. The van der Waals surface area contributed by atoms with Crippen LogP contribution in [0.25, 0.3) is 0 Å². The molecule has 0 aromatic carbocycles. The van der Waals surface area contributed by atoms with E-state index in [1.54, 1.807) is 0 Å². The SMILES string of the molecule is [Cr].[Cu][Mo].[Fe].[Ni]. The van der Waals surface area contributed by atoms with Gasteiger partial charge >= 0.3 is 31.1 Å². The number of rotatable bonds is 0. The van der Waals surface area contributed by atoms with Gasteiger partial charge < -0.3 is 0 Å². The van der Waals surface area contributed by atoms with Gasteiger partial charge in [-0.05, 0) is 0 Å². The summed E-state index contributed by atoms with van der Waals surface area (Å²) >= 11 is 5.71. The van der Waals surface area contributed by atoms with Crippen LogP contribution in [0.4, 0.5) is 0 Å². The van der Waals surface area contributed by atoms with Crippen molar-refractivity contribution in [2.24, 2.45) is 0 Å². The van der Waals surface area contributed by atoms with Crippen LogP contribution in [0.3, 0.4) is 0 Å². The van der Waals surface area contributed by atoms with Gasteiger partial charge in [-0.25, -0.2) is 0 Å². The van der Waals surface area contributed by atoms with E-state index >= 15 is 0 Å². The topological polar surface area (TPSA) is 0 Å². The molecule has 5 heavy (non-hydrogen) atoms. The summed E-state index contributed by atoms with van der Waals surface area (Å²) in [5.74, 6) is 0. The van der Waals surface area contributed by atoms with E-state index in [-0.39, 0.29) is 50.9 Å². The predicted octanol–water partition coefficient (Wildman–Crippen LogP) is -0.0125. The second-order valence-corrected chi connectivity index (χ2v) is 0. The molecule has 0 fully saturated rings. The minimum absolute atomic E-state index is 0. The van der Waals surface area contributed by atoms with Gasteiger partial charge in [-0.15, -0.1) is 0 Å². The van der Waals surface area contributed by atoms with Gasteiger partial charge in [0.2, 0.25) is 0 Å². The molecule has 0 nitrogen and oxygen atoms in total. The zero-order valence-electron chi connectivity index (χ0n) is 1.79. The van der Waals surface area contributed by atoms with E-state index in [2.05, 4.69) is 13.4 Å². The Kier molecular flexibility index (Phi) is 148. The molecular weight excluding hydrogens is 326 g/mol. The molecule has 0 saturated carbocycles. The van der Waals surface area contributed by atoms with Crippen molar-refractivity contribution in [2.75, 3.05) is 0 Å². The van der Waals surface area contributed by atoms with Crippen molar-refractivity contribution >= 4 is 0 Å². The molecule has 0 N–H and O–H groups in total. The summed E-state index contributed by atoms with van der Waals surface area (Å²) < 4.78 is 0. The first-order valence-corrected chi connectivity index (χ1v) is 3.00. The second kappa shape index (κ2) is 29.5. The summed E-state index contributed by atoms with van der Waals surface area (Å²) in [5, 5.41) is 0. The number of hydrogen-bond acceptors (Lipinski definition) is 0. The molecule has 0 spiro atoms. The molecule has 5 heteroatoms. The van der Waals surface area contributed by atoms with E-state index in [4.69, 9.17) is 0 Å². The van der Waals surface area contributed by atoms with Crippen LogP contribution in [0, 0.1) is 0 Å². The summed E-state index contributed by atoms with van der Waals surface area (Å²) in [6.45, 7) is 0. The Morgan fingerprint density at radius 3 is 1.20 bits per heavy atom. The summed E-state index contributed by atoms with van der Waals surface area (Å²) in [5.41, 5.74) is 0. The van der Waals surface area contributed by atoms with Crippen LogP contribution in [-0.4, -0.2) is 0 Å². The Morgan fingerprint density at radius 1 is 1.20 bits per heavy atom. The molecule has 0 amide bonds. The van der Waals surface area contributed by atoms with Crippen molar-refractivity contribution in [2.45, 2.75) is 0 Å². The third-order valence-electron chi connectivity index (χ3n) is 0. The molecule has 0 atom stereocenters. The molecule has 0 aromatic rings. The third kappa shape index (κ3) is 20.1. The molecular formula is CrCuFeMoNi. The molecule has 0 bridgehead atoms. The van der Waals surface area contributed by atoms with Gasteiger partial charge in [0.05, 0.1) is 0 Å². The standard InChI is InChI=1S/Cr.Cu.Fe.Mo.Ni. The fourth-order valence-corrected chi connectivity index (χ4v) is 0. The van der Waals surface area contributed by atoms with E-state index in [9.17, 15) is 0 Å². The Bertz CT molecular complexity index is 11.6. The molecule has 0 aliphatic heterocycles. The zero-order chi connectivity index (χ0) is 2.00. The minimum atomic E-state index is 0. The Hall–Kier alpha value is 2.75. The molecule has 0 aliphatic rings. The molecule has 0 unspecified atom stereocenters. The first kappa shape index (κ1) is 25.1. The number of hydrogen-bond donors (Lipinski definition) is 0. The fraction of sp³-hybridized carbons (Fsp3) is 0. The van der Waals surface area contributed by atoms with Crippen LogP contribution < -0.4 is 0 Å². The fourth-order valence-electron chi connectivity index (χ4n) is 0. The predicted molar refractivity (Wildman–Crippen MR) is 0 cm³/mol. The van der Waals surface area contributed by atoms with Gasteiger partial charge in [0, 0.05) is 50.9 Å². The van der Waals surface area contributed by atoms with E-state index in [0.717, 1.165) is 0 Å². The van der Waals surface area contributed by atoms with Crippen LogP contribution in [0.2, 0.25) is 0 Å². The zero-order valence-corrected chi connectivity index (χ0v) is 8.10. The molecule has 41 valence electrons. The van der Waals surface area contributed by atoms with E-state index in [1.165, 1.54) is 17.7 Å². The maximum Gasteiger partial charge on any atom is 0 e. The molecule has 0 rings (SSSR count). The van der Waals surface area contributed by atoms with Crippen molar-refractivity contribution in [3.05, 3.63) is 0 Å². The molecule has 0 radical (unpaired) electrons. The van der Waals surface area contributed by atoms with Crippen LogP contribution in [0.15, 0.2) is 0 Å². The molecule has 0 saturated heterocycles. The van der Waals surface area contributed by atoms with Crippen molar-refractivity contribution in [1.29, 1.82) is 0 Å². The molecule has 0 aromatic heterocycles. The largest absolute Gasteiger partial charge is 0 e. The minimum Gasteiger partial charge on any atom is 0 e. The Morgan fingerprint density at radius 2 is 1.20 bits per heavy atom. The van der Waals surface area contributed by atoms with Crippen molar-refractivity contribution in [1.82, 2.24) is 0 Å². The van der Waals surface area contributed by atoms with Gasteiger partial charge in [-0.2, -0.15) is 0 Å². The maximum absolute atomic E-state index is 4.20. The monoisotopic (exact) mass is 327 g/mol. The average Bonchev–Trinajstić information content (AvgIpc) is 1.00. The van der Waals surface area contributed by atoms with Crippen LogP contribution in [-0.2, 0) is 82.0 Å². The third-order valence-corrected chi connectivity index (χ3v) is 0. The van der Waals surface area contributed by atoms with Gasteiger partial charge in [-0.3, -0.25) is 0 Å². The van der Waals surface area contributed by atoms with E-state index in [1.807, 2.05) is 0 Å². The van der Waals surface area contributed by atoms with E-state index in [0.29, 0.717) is 0 Å². The first-order chi connectivity index (χ1) is 1.00. The smallest absolute Gasteiger partial charge is 0 e. The van der Waals surface area contributed by atoms with Crippen LogP contribution >= 0.6 is 0 Å². The van der Waals surface area contributed by atoms with Crippen molar-refractivity contribution < 1.29 is 82.0 Å². The van der Waals surface area contributed by atoms with Crippen LogP contribution in [0.1, 0.15) is 0 Å². The van der Waals surface area contributed by atoms with E-state index < -0.39 is 0 Å². The van der Waals surface area contributed by atoms with Gasteiger partial charge in [0.15, 0.2) is 0 Å². The molecule has 0 aliphatic carbocycles. The van der Waals surface area contributed by atoms with Crippen molar-refractivity contribution in [3.63, 3.8) is 0 Å². The van der Waals surface area contributed by atoms with Crippen molar-refractivity contribution in [3.8, 4) is 0 Å². The van der Waals surface area contributed by atoms with Crippen LogP contribution in [0.5, 0.6) is 0 Å². The quantitative estimate of drug-likeness (QED) is 0.550. The maximum atomic E-state index is 4.20. The summed E-state index contributed by atoms with van der Waals surface area (Å²) in [6.07, 6.45) is 0. The average molecular weight is 326 g/mol. The second-order valence-electron chi connectivity index (χ2n) is 0. The Labute approximate surface area is 80.8 Å². The van der Waals surface area contributed by atoms with Gasteiger partial charge in [0.25, 0.3) is 0 Å². The van der Waals surface area contributed by atoms with Gasteiger partial charge in [0.1, 0.15) is 0 Å². The van der Waals surface area contributed by atoms with Gasteiger partial charge in [-0.1, -0.05) is 0 Å². The molecule has 0 heterocycles. The Balaban J connectivity index is -0.00000000167. The first-order valence-electron chi connectivity index (χ1n) is 0.123.